The maximum absolute atomic E-state index is 11.2. The number of hydrogen-bond donors (Lipinski definition) is 4. The summed E-state index contributed by atoms with van der Waals surface area (Å²) in [5, 5.41) is 10.2. The fraction of sp³-hybridized carbons (Fsp3) is 0.909. The molecule has 1 rings (SSSR count). The van der Waals surface area contributed by atoms with Crippen LogP contribution in [0.2, 0.25) is 0 Å². The number of aliphatic hydroxyl groups is 1. The number of likely N-dealkylation sites (tertiary alicyclic amines) is 1. The number of primary amides is 1. The van der Waals surface area contributed by atoms with Crippen LogP contribution in [0.15, 0.2) is 0 Å². The SMILES string of the molecule is CC(C)(C)[C@H](N)C(O)[NH+]1CCC[C@H]1C(N)=O. The number of carbonyl (C=O) groups excluding carboxylic acids is 1. The van der Waals surface area contributed by atoms with E-state index in [0.29, 0.717) is 0 Å². The molecule has 1 saturated heterocycles. The van der Waals surface area contributed by atoms with Gasteiger partial charge in [-0.2, -0.15) is 0 Å². The zero-order valence-corrected chi connectivity index (χ0v) is 10.4. The highest BCUT2D eigenvalue weighted by Crippen LogP contribution is 2.18. The number of amides is 1. The second-order valence-electron chi connectivity index (χ2n) is 5.76. The van der Waals surface area contributed by atoms with Crippen LogP contribution in [0.25, 0.3) is 0 Å². The van der Waals surface area contributed by atoms with Gasteiger partial charge < -0.3 is 16.6 Å². The maximum Gasteiger partial charge on any atom is 0.275 e. The van der Waals surface area contributed by atoms with Crippen LogP contribution in [-0.4, -0.2) is 35.9 Å². The van der Waals surface area contributed by atoms with Gasteiger partial charge in [-0.15, -0.1) is 0 Å². The molecule has 1 aliphatic rings. The van der Waals surface area contributed by atoms with Crippen molar-refractivity contribution in [3.8, 4) is 0 Å². The summed E-state index contributed by atoms with van der Waals surface area (Å²) in [6.45, 7) is 6.71. The second-order valence-corrected chi connectivity index (χ2v) is 5.76. The first-order valence-corrected chi connectivity index (χ1v) is 5.83. The summed E-state index contributed by atoms with van der Waals surface area (Å²) in [5.41, 5.74) is 11.2. The minimum Gasteiger partial charge on any atom is -0.365 e. The van der Waals surface area contributed by atoms with Crippen molar-refractivity contribution in [2.75, 3.05) is 6.54 Å². The third kappa shape index (κ3) is 2.72. The zero-order chi connectivity index (χ0) is 12.5. The summed E-state index contributed by atoms with van der Waals surface area (Å²) < 4.78 is 0. The van der Waals surface area contributed by atoms with E-state index in [1.54, 1.807) is 0 Å². The van der Waals surface area contributed by atoms with E-state index in [2.05, 4.69) is 0 Å². The van der Waals surface area contributed by atoms with Crippen LogP contribution >= 0.6 is 0 Å². The molecule has 5 heteroatoms. The molecule has 1 aliphatic heterocycles. The first-order valence-electron chi connectivity index (χ1n) is 5.83. The van der Waals surface area contributed by atoms with E-state index in [4.69, 9.17) is 11.5 Å². The minimum absolute atomic E-state index is 0.183. The smallest absolute Gasteiger partial charge is 0.275 e. The largest absolute Gasteiger partial charge is 0.365 e. The highest BCUT2D eigenvalue weighted by molar-refractivity contribution is 5.78. The third-order valence-electron chi connectivity index (χ3n) is 3.47. The topological polar surface area (TPSA) is 93.8 Å². The van der Waals surface area contributed by atoms with Gasteiger partial charge in [-0.1, -0.05) is 20.8 Å². The minimum atomic E-state index is -0.722. The fourth-order valence-corrected chi connectivity index (χ4v) is 2.25. The Kier molecular flexibility index (Phi) is 3.93. The Morgan fingerprint density at radius 1 is 1.50 bits per heavy atom. The molecule has 0 radical (unpaired) electrons. The number of nitrogens with two attached hydrogens (primary N) is 2. The van der Waals surface area contributed by atoms with Gasteiger partial charge in [0.15, 0.2) is 6.04 Å². The molecular formula is C11H24N3O2+. The van der Waals surface area contributed by atoms with Gasteiger partial charge in [-0.25, -0.2) is 0 Å². The maximum atomic E-state index is 11.2. The quantitative estimate of drug-likeness (QED) is 0.461. The number of carbonyl (C=O) groups is 1. The first-order chi connectivity index (χ1) is 7.25. The van der Waals surface area contributed by atoms with Gasteiger partial charge >= 0.3 is 0 Å². The first kappa shape index (κ1) is 13.4. The van der Waals surface area contributed by atoms with Gasteiger partial charge in [0.05, 0.1) is 12.6 Å². The van der Waals surface area contributed by atoms with Crippen molar-refractivity contribution in [3.05, 3.63) is 0 Å². The number of hydrogen-bond acceptors (Lipinski definition) is 3. The Balaban J connectivity index is 2.73. The number of quaternary nitrogens is 1. The highest BCUT2D eigenvalue weighted by Gasteiger charge is 2.42. The molecule has 0 aliphatic carbocycles. The van der Waals surface area contributed by atoms with Crippen LogP contribution in [-0.2, 0) is 4.79 Å². The summed E-state index contributed by atoms with van der Waals surface area (Å²) >= 11 is 0. The second kappa shape index (κ2) is 4.69. The summed E-state index contributed by atoms with van der Waals surface area (Å²) in [6.07, 6.45) is 0.940. The van der Waals surface area contributed by atoms with E-state index in [-0.39, 0.29) is 23.4 Å². The molecule has 0 aromatic heterocycles. The third-order valence-corrected chi connectivity index (χ3v) is 3.47. The Morgan fingerprint density at radius 3 is 2.50 bits per heavy atom. The predicted molar refractivity (Wildman–Crippen MR) is 61.5 cm³/mol. The van der Waals surface area contributed by atoms with E-state index < -0.39 is 6.23 Å². The summed E-state index contributed by atoms with van der Waals surface area (Å²) in [7, 11) is 0. The monoisotopic (exact) mass is 230 g/mol. The molecule has 0 spiro atoms. The zero-order valence-electron chi connectivity index (χ0n) is 10.4. The van der Waals surface area contributed by atoms with Crippen molar-refractivity contribution < 1.29 is 14.8 Å². The molecule has 0 bridgehead atoms. The van der Waals surface area contributed by atoms with Crippen molar-refractivity contribution in [1.82, 2.24) is 0 Å². The average molecular weight is 230 g/mol. The van der Waals surface area contributed by atoms with E-state index in [9.17, 15) is 9.90 Å². The van der Waals surface area contributed by atoms with Gasteiger partial charge in [0.1, 0.15) is 0 Å². The van der Waals surface area contributed by atoms with Gasteiger partial charge in [0.25, 0.3) is 5.91 Å². The molecule has 0 aromatic carbocycles. The molecule has 1 amide bonds. The van der Waals surface area contributed by atoms with Crippen molar-refractivity contribution in [1.29, 1.82) is 0 Å². The van der Waals surface area contributed by atoms with Crippen molar-refractivity contribution in [2.24, 2.45) is 16.9 Å². The van der Waals surface area contributed by atoms with Gasteiger partial charge in [-0.3, -0.25) is 9.69 Å². The van der Waals surface area contributed by atoms with Gasteiger partial charge in [-0.05, 0) is 5.41 Å². The lowest BCUT2D eigenvalue weighted by Gasteiger charge is -2.35. The van der Waals surface area contributed by atoms with Gasteiger partial charge in [0, 0.05) is 12.8 Å². The Labute approximate surface area is 96.8 Å². The molecule has 16 heavy (non-hydrogen) atoms. The molecule has 5 nitrogen and oxygen atoms in total. The lowest BCUT2D eigenvalue weighted by atomic mass is 9.86. The molecule has 2 unspecified atom stereocenters. The Morgan fingerprint density at radius 2 is 2.06 bits per heavy atom. The lowest BCUT2D eigenvalue weighted by Crippen LogP contribution is -3.20. The number of nitrogens with one attached hydrogen (secondary N) is 1. The number of rotatable bonds is 3. The summed E-state index contributed by atoms with van der Waals surface area (Å²) in [4.78, 5) is 12.1. The van der Waals surface area contributed by atoms with Crippen LogP contribution in [0.3, 0.4) is 0 Å². The van der Waals surface area contributed by atoms with Gasteiger partial charge in [0.2, 0.25) is 6.23 Å². The van der Waals surface area contributed by atoms with Crippen LogP contribution in [0.4, 0.5) is 0 Å². The number of aliphatic hydroxyl groups excluding tert-OH is 1. The van der Waals surface area contributed by atoms with Crippen molar-refractivity contribution >= 4 is 5.91 Å². The van der Waals surface area contributed by atoms with Crippen molar-refractivity contribution in [2.45, 2.75) is 51.9 Å². The van der Waals surface area contributed by atoms with E-state index in [0.717, 1.165) is 24.3 Å². The molecule has 1 heterocycles. The van der Waals surface area contributed by atoms with E-state index in [1.165, 1.54) is 0 Å². The molecule has 0 aromatic rings. The average Bonchev–Trinajstić information content (AvgIpc) is 2.62. The normalized spacial score (nSPS) is 30.1. The van der Waals surface area contributed by atoms with E-state index in [1.807, 2.05) is 20.8 Å². The van der Waals surface area contributed by atoms with Crippen LogP contribution < -0.4 is 16.4 Å². The van der Waals surface area contributed by atoms with Crippen LogP contribution in [0.5, 0.6) is 0 Å². The van der Waals surface area contributed by atoms with E-state index >= 15 is 0 Å². The summed E-state index contributed by atoms with van der Waals surface area (Å²) in [5.74, 6) is -0.340. The van der Waals surface area contributed by atoms with Crippen LogP contribution in [0, 0.1) is 5.41 Å². The fourth-order valence-electron chi connectivity index (χ4n) is 2.25. The molecule has 4 atom stereocenters. The molecule has 1 fully saturated rings. The lowest BCUT2D eigenvalue weighted by molar-refractivity contribution is -0.952. The standard InChI is InChI=1S/C11H23N3O2/c1-11(2,3)8(12)10(16)14-6-4-5-7(14)9(13)15/h7-8,10,16H,4-6,12H2,1-3H3,(H2,13,15)/p+1/t7-,8+,10?/m0/s1. The molecule has 6 N–H and O–H groups in total. The molecule has 0 saturated carbocycles. The summed E-state index contributed by atoms with van der Waals surface area (Å²) in [6, 6.07) is -0.647. The highest BCUT2D eigenvalue weighted by atomic mass is 16.3. The molecular weight excluding hydrogens is 206 g/mol. The van der Waals surface area contributed by atoms with Crippen LogP contribution in [0.1, 0.15) is 33.6 Å². The Bertz CT molecular complexity index is 262. The van der Waals surface area contributed by atoms with Crippen molar-refractivity contribution in [3.63, 3.8) is 0 Å². The Hall–Kier alpha value is -0.650. The molecule has 94 valence electrons. The predicted octanol–water partition coefficient (Wildman–Crippen LogP) is -1.79.